The van der Waals surface area contributed by atoms with Crippen molar-refractivity contribution in [2.24, 2.45) is 0 Å². The van der Waals surface area contributed by atoms with Gasteiger partial charge in [-0.2, -0.15) is 0 Å². The minimum absolute atomic E-state index is 0.00301. The average Bonchev–Trinajstić information content (AvgIpc) is 2.77. The summed E-state index contributed by atoms with van der Waals surface area (Å²) >= 11 is 0. The summed E-state index contributed by atoms with van der Waals surface area (Å²) in [5.41, 5.74) is 0.182. The van der Waals surface area contributed by atoms with Gasteiger partial charge in [0.05, 0.1) is 0 Å². The van der Waals surface area contributed by atoms with E-state index in [1.807, 2.05) is 0 Å². The number of nitrogens with zero attached hydrogens (tertiary/aromatic N) is 2. The number of anilines is 1. The third-order valence-electron chi connectivity index (χ3n) is 3.34. The van der Waals surface area contributed by atoms with Gasteiger partial charge in [0.2, 0.25) is 5.76 Å². The molecule has 0 bridgehead atoms. The molecule has 1 fully saturated rings. The third-order valence-corrected chi connectivity index (χ3v) is 3.34. The van der Waals surface area contributed by atoms with Gasteiger partial charge < -0.3 is 14.4 Å². The Labute approximate surface area is 107 Å². The van der Waals surface area contributed by atoms with Gasteiger partial charge >= 0.3 is 5.97 Å². The Bertz CT molecular complexity index is 426. The Balaban J connectivity index is 1.99. The molecule has 1 N–H and O–H groups in total. The number of furan rings is 1. The Kier molecular flexibility index (Phi) is 3.34. The number of carboxylic acid groups (broad SMARTS) is 1. The first-order valence-corrected chi connectivity index (χ1v) is 6.21. The SMILES string of the molecule is CC(C)(C)N1CCN(c2ccc(C(=O)O)o2)CC1. The smallest absolute Gasteiger partial charge is 0.371 e. The molecule has 0 unspecified atom stereocenters. The molecule has 5 heteroatoms. The predicted molar refractivity (Wildman–Crippen MR) is 69.2 cm³/mol. The van der Waals surface area contributed by atoms with Crippen LogP contribution in [0.1, 0.15) is 31.3 Å². The fraction of sp³-hybridized carbons (Fsp3) is 0.615. The van der Waals surface area contributed by atoms with E-state index in [4.69, 9.17) is 9.52 Å². The topological polar surface area (TPSA) is 56.9 Å². The molecule has 5 nitrogen and oxygen atoms in total. The van der Waals surface area contributed by atoms with Crippen LogP contribution < -0.4 is 4.90 Å². The summed E-state index contributed by atoms with van der Waals surface area (Å²) in [6, 6.07) is 3.24. The lowest BCUT2D eigenvalue weighted by Crippen LogP contribution is -2.53. The third kappa shape index (κ3) is 2.67. The quantitative estimate of drug-likeness (QED) is 0.871. The van der Waals surface area contributed by atoms with Crippen molar-refractivity contribution in [2.45, 2.75) is 26.3 Å². The van der Waals surface area contributed by atoms with E-state index in [2.05, 4.69) is 30.6 Å². The van der Waals surface area contributed by atoms with E-state index in [-0.39, 0.29) is 11.3 Å². The predicted octanol–water partition coefficient (Wildman–Crippen LogP) is 1.90. The van der Waals surface area contributed by atoms with Crippen molar-refractivity contribution >= 4 is 11.9 Å². The van der Waals surface area contributed by atoms with Crippen molar-refractivity contribution in [2.75, 3.05) is 31.1 Å². The number of piperazine rings is 1. The van der Waals surface area contributed by atoms with Gasteiger partial charge in [0.15, 0.2) is 5.88 Å². The number of aromatic carboxylic acids is 1. The van der Waals surface area contributed by atoms with E-state index in [1.54, 1.807) is 6.07 Å². The molecular weight excluding hydrogens is 232 g/mol. The van der Waals surface area contributed by atoms with E-state index in [0.717, 1.165) is 26.2 Å². The van der Waals surface area contributed by atoms with E-state index < -0.39 is 5.97 Å². The Morgan fingerprint density at radius 1 is 1.22 bits per heavy atom. The fourth-order valence-electron chi connectivity index (χ4n) is 2.21. The lowest BCUT2D eigenvalue weighted by atomic mass is 10.1. The zero-order valence-electron chi connectivity index (χ0n) is 11.1. The first-order chi connectivity index (χ1) is 8.38. The Hall–Kier alpha value is -1.49. The van der Waals surface area contributed by atoms with Crippen LogP contribution in [-0.2, 0) is 0 Å². The van der Waals surface area contributed by atoms with Crippen LogP contribution in [-0.4, -0.2) is 47.7 Å². The monoisotopic (exact) mass is 252 g/mol. The van der Waals surface area contributed by atoms with Crippen LogP contribution >= 0.6 is 0 Å². The van der Waals surface area contributed by atoms with Gasteiger partial charge in [-0.05, 0) is 26.8 Å². The van der Waals surface area contributed by atoms with Gasteiger partial charge in [-0.25, -0.2) is 4.79 Å². The molecule has 0 spiro atoms. The summed E-state index contributed by atoms with van der Waals surface area (Å²) in [6.07, 6.45) is 0. The van der Waals surface area contributed by atoms with Crippen LogP contribution in [0.3, 0.4) is 0 Å². The standard InChI is InChI=1S/C13H20N2O3/c1-13(2,3)15-8-6-14(7-9-15)11-5-4-10(18-11)12(16)17/h4-5H,6-9H2,1-3H3,(H,16,17). The summed E-state index contributed by atoms with van der Waals surface area (Å²) < 4.78 is 5.31. The second kappa shape index (κ2) is 4.65. The van der Waals surface area contributed by atoms with Crippen molar-refractivity contribution in [1.29, 1.82) is 0 Å². The van der Waals surface area contributed by atoms with E-state index in [1.165, 1.54) is 6.07 Å². The molecule has 1 saturated heterocycles. The Morgan fingerprint density at radius 3 is 2.28 bits per heavy atom. The molecule has 1 aromatic heterocycles. The molecule has 1 aromatic rings. The van der Waals surface area contributed by atoms with Gasteiger partial charge in [-0.3, -0.25) is 4.90 Å². The zero-order valence-corrected chi connectivity index (χ0v) is 11.1. The summed E-state index contributed by atoms with van der Waals surface area (Å²) in [4.78, 5) is 15.3. The molecule has 2 rings (SSSR count). The van der Waals surface area contributed by atoms with Crippen LogP contribution in [0.15, 0.2) is 16.5 Å². The van der Waals surface area contributed by atoms with Crippen molar-refractivity contribution in [3.63, 3.8) is 0 Å². The maximum absolute atomic E-state index is 10.8. The molecular formula is C13H20N2O3. The van der Waals surface area contributed by atoms with Crippen molar-refractivity contribution in [3.05, 3.63) is 17.9 Å². The summed E-state index contributed by atoms with van der Waals surface area (Å²) in [7, 11) is 0. The molecule has 2 heterocycles. The molecule has 1 aliphatic rings. The van der Waals surface area contributed by atoms with Crippen molar-refractivity contribution in [3.8, 4) is 0 Å². The highest BCUT2D eigenvalue weighted by molar-refractivity contribution is 5.84. The van der Waals surface area contributed by atoms with E-state index in [0.29, 0.717) is 5.88 Å². The second-order valence-corrected chi connectivity index (χ2v) is 5.59. The Morgan fingerprint density at radius 2 is 1.83 bits per heavy atom. The van der Waals surface area contributed by atoms with Gasteiger partial charge in [0, 0.05) is 37.8 Å². The van der Waals surface area contributed by atoms with Crippen molar-refractivity contribution < 1.29 is 14.3 Å². The molecule has 0 atom stereocenters. The van der Waals surface area contributed by atoms with Crippen LogP contribution in [0.25, 0.3) is 0 Å². The maximum Gasteiger partial charge on any atom is 0.371 e. The highest BCUT2D eigenvalue weighted by Crippen LogP contribution is 2.22. The van der Waals surface area contributed by atoms with Crippen molar-refractivity contribution in [1.82, 2.24) is 4.90 Å². The summed E-state index contributed by atoms with van der Waals surface area (Å²) in [5, 5.41) is 8.82. The minimum Gasteiger partial charge on any atom is -0.475 e. The molecule has 0 aromatic carbocycles. The van der Waals surface area contributed by atoms with E-state index >= 15 is 0 Å². The van der Waals surface area contributed by atoms with Crippen LogP contribution in [0.2, 0.25) is 0 Å². The lowest BCUT2D eigenvalue weighted by molar-refractivity contribution is 0.0662. The van der Waals surface area contributed by atoms with Gasteiger partial charge in [0.25, 0.3) is 0 Å². The number of carboxylic acids is 1. The molecule has 1 aliphatic heterocycles. The highest BCUT2D eigenvalue weighted by Gasteiger charge is 2.27. The molecule has 0 saturated carbocycles. The lowest BCUT2D eigenvalue weighted by Gasteiger charge is -2.42. The van der Waals surface area contributed by atoms with E-state index in [9.17, 15) is 4.79 Å². The number of carbonyl (C=O) groups is 1. The molecule has 100 valence electrons. The largest absolute Gasteiger partial charge is 0.475 e. The van der Waals surface area contributed by atoms with Crippen LogP contribution in [0.5, 0.6) is 0 Å². The first-order valence-electron chi connectivity index (χ1n) is 6.21. The number of hydrogen-bond acceptors (Lipinski definition) is 4. The normalized spacial score (nSPS) is 18.1. The average molecular weight is 252 g/mol. The van der Waals surface area contributed by atoms with Gasteiger partial charge in [-0.15, -0.1) is 0 Å². The molecule has 0 radical (unpaired) electrons. The summed E-state index contributed by atoms with van der Waals surface area (Å²) in [6.45, 7) is 10.3. The zero-order chi connectivity index (χ0) is 13.3. The number of hydrogen-bond donors (Lipinski definition) is 1. The molecule has 0 amide bonds. The van der Waals surface area contributed by atoms with Crippen LogP contribution in [0, 0.1) is 0 Å². The van der Waals surface area contributed by atoms with Gasteiger partial charge in [0.1, 0.15) is 0 Å². The molecule has 18 heavy (non-hydrogen) atoms. The summed E-state index contributed by atoms with van der Waals surface area (Å²) in [5.74, 6) is -0.362. The highest BCUT2D eigenvalue weighted by atomic mass is 16.4. The fourth-order valence-corrected chi connectivity index (χ4v) is 2.21. The second-order valence-electron chi connectivity index (χ2n) is 5.59. The first kappa shape index (κ1) is 13.0. The van der Waals surface area contributed by atoms with Crippen LogP contribution in [0.4, 0.5) is 5.88 Å². The number of rotatable bonds is 2. The van der Waals surface area contributed by atoms with Gasteiger partial charge in [-0.1, -0.05) is 0 Å². The minimum atomic E-state index is -1.02. The maximum atomic E-state index is 10.8. The molecule has 0 aliphatic carbocycles.